The minimum atomic E-state index is 0.0853. The summed E-state index contributed by atoms with van der Waals surface area (Å²) >= 11 is 3.22. The predicted molar refractivity (Wildman–Crippen MR) is 68.1 cm³/mol. The molecule has 1 aromatic carbocycles. The molecule has 0 radical (unpaired) electrons. The third kappa shape index (κ3) is 1.89. The van der Waals surface area contributed by atoms with Crippen LogP contribution in [-0.4, -0.2) is 20.9 Å². The zero-order valence-corrected chi connectivity index (χ0v) is 10.7. The number of aryl methyl sites for hydroxylation is 1. The third-order valence-electron chi connectivity index (χ3n) is 2.47. The van der Waals surface area contributed by atoms with Crippen LogP contribution in [0.5, 0.6) is 0 Å². The minimum absolute atomic E-state index is 0.0853. The van der Waals surface area contributed by atoms with Gasteiger partial charge in [-0.25, -0.2) is 0 Å². The van der Waals surface area contributed by atoms with Crippen molar-refractivity contribution in [1.29, 1.82) is 0 Å². The molecule has 0 saturated heterocycles. The molecule has 2 aromatic rings. The SMILES string of the molecule is CCCn1nc2ccccc2c1C(=O)CBr. The molecule has 0 N–H and O–H groups in total. The molecule has 0 unspecified atom stereocenters. The Morgan fingerprint density at radius 2 is 2.19 bits per heavy atom. The molecule has 84 valence electrons. The van der Waals surface area contributed by atoms with Gasteiger partial charge in [0, 0.05) is 11.9 Å². The molecule has 16 heavy (non-hydrogen) atoms. The van der Waals surface area contributed by atoms with E-state index in [9.17, 15) is 4.79 Å². The highest BCUT2D eigenvalue weighted by Crippen LogP contribution is 2.19. The summed E-state index contributed by atoms with van der Waals surface area (Å²) in [6.07, 6.45) is 0.969. The topological polar surface area (TPSA) is 34.9 Å². The summed E-state index contributed by atoms with van der Waals surface area (Å²) in [5, 5.41) is 5.73. The number of aromatic nitrogens is 2. The third-order valence-corrected chi connectivity index (χ3v) is 2.98. The predicted octanol–water partition coefficient (Wildman–Crippen LogP) is 3.02. The minimum Gasteiger partial charge on any atom is -0.291 e. The highest BCUT2D eigenvalue weighted by atomic mass is 79.9. The van der Waals surface area contributed by atoms with Crippen LogP contribution in [0.15, 0.2) is 24.3 Å². The van der Waals surface area contributed by atoms with Crippen molar-refractivity contribution in [3.8, 4) is 0 Å². The summed E-state index contributed by atoms with van der Waals surface area (Å²) in [5.74, 6) is 0.0853. The van der Waals surface area contributed by atoms with Crippen LogP contribution in [0.4, 0.5) is 0 Å². The summed E-state index contributed by atoms with van der Waals surface area (Å²) in [6.45, 7) is 2.86. The zero-order valence-electron chi connectivity index (χ0n) is 9.11. The fraction of sp³-hybridized carbons (Fsp3) is 0.333. The Morgan fingerprint density at radius 3 is 2.88 bits per heavy atom. The zero-order chi connectivity index (χ0) is 11.5. The second kappa shape index (κ2) is 4.78. The monoisotopic (exact) mass is 280 g/mol. The van der Waals surface area contributed by atoms with Crippen LogP contribution in [0.1, 0.15) is 23.8 Å². The van der Waals surface area contributed by atoms with Crippen molar-refractivity contribution in [2.45, 2.75) is 19.9 Å². The van der Waals surface area contributed by atoms with Crippen LogP contribution in [0.2, 0.25) is 0 Å². The fourth-order valence-electron chi connectivity index (χ4n) is 1.81. The van der Waals surface area contributed by atoms with E-state index in [-0.39, 0.29) is 5.78 Å². The van der Waals surface area contributed by atoms with Crippen LogP contribution < -0.4 is 0 Å². The van der Waals surface area contributed by atoms with Crippen LogP contribution in [0.3, 0.4) is 0 Å². The number of carbonyl (C=O) groups excluding carboxylic acids is 1. The van der Waals surface area contributed by atoms with Crippen LogP contribution in [0.25, 0.3) is 10.9 Å². The van der Waals surface area contributed by atoms with Crippen molar-refractivity contribution in [2.24, 2.45) is 0 Å². The van der Waals surface area contributed by atoms with Gasteiger partial charge in [-0.05, 0) is 12.5 Å². The van der Waals surface area contributed by atoms with Gasteiger partial charge in [-0.2, -0.15) is 5.10 Å². The normalized spacial score (nSPS) is 10.9. The lowest BCUT2D eigenvalue weighted by molar-refractivity contribution is 0.101. The number of Topliss-reactive ketones (excluding diaryl/α,β-unsaturated/α-hetero) is 1. The van der Waals surface area contributed by atoms with Gasteiger partial charge in [-0.3, -0.25) is 9.48 Å². The molecule has 1 heterocycles. The Kier molecular flexibility index (Phi) is 3.39. The molecular weight excluding hydrogens is 268 g/mol. The standard InChI is InChI=1S/C12H13BrN2O/c1-2-7-15-12(11(16)8-13)9-5-3-4-6-10(9)14-15/h3-6H,2,7-8H2,1H3. The summed E-state index contributed by atoms with van der Waals surface area (Å²) in [6, 6.07) is 7.76. The lowest BCUT2D eigenvalue weighted by Gasteiger charge is -2.03. The van der Waals surface area contributed by atoms with Crippen molar-refractivity contribution in [2.75, 3.05) is 5.33 Å². The number of rotatable bonds is 4. The first kappa shape index (κ1) is 11.3. The van der Waals surface area contributed by atoms with Crippen molar-refractivity contribution >= 4 is 32.6 Å². The van der Waals surface area contributed by atoms with E-state index in [1.807, 2.05) is 28.9 Å². The number of halogens is 1. The van der Waals surface area contributed by atoms with Gasteiger partial charge in [-0.15, -0.1) is 0 Å². The Labute approximate surface area is 103 Å². The number of ketones is 1. The first-order chi connectivity index (χ1) is 7.77. The van der Waals surface area contributed by atoms with E-state index in [2.05, 4.69) is 28.0 Å². The van der Waals surface area contributed by atoms with E-state index in [0.29, 0.717) is 11.0 Å². The van der Waals surface area contributed by atoms with E-state index in [1.54, 1.807) is 0 Å². The molecule has 1 aromatic heterocycles. The largest absolute Gasteiger partial charge is 0.291 e. The number of alkyl halides is 1. The van der Waals surface area contributed by atoms with Gasteiger partial charge in [0.25, 0.3) is 0 Å². The maximum atomic E-state index is 11.9. The smallest absolute Gasteiger partial charge is 0.191 e. The molecule has 0 saturated carbocycles. The van der Waals surface area contributed by atoms with Gasteiger partial charge in [0.15, 0.2) is 5.78 Å². The Morgan fingerprint density at radius 1 is 1.44 bits per heavy atom. The summed E-state index contributed by atoms with van der Waals surface area (Å²) < 4.78 is 1.81. The van der Waals surface area contributed by atoms with Gasteiger partial charge in [0.05, 0.1) is 10.8 Å². The van der Waals surface area contributed by atoms with Crippen molar-refractivity contribution in [3.63, 3.8) is 0 Å². The van der Waals surface area contributed by atoms with Gasteiger partial charge in [0.1, 0.15) is 5.69 Å². The van der Waals surface area contributed by atoms with Gasteiger partial charge >= 0.3 is 0 Å². The highest BCUT2D eigenvalue weighted by molar-refractivity contribution is 9.09. The van der Waals surface area contributed by atoms with Crippen molar-refractivity contribution in [3.05, 3.63) is 30.0 Å². The number of hydrogen-bond donors (Lipinski definition) is 0. The van der Waals surface area contributed by atoms with Crippen LogP contribution in [-0.2, 0) is 6.54 Å². The maximum absolute atomic E-state index is 11.9. The van der Waals surface area contributed by atoms with Crippen LogP contribution in [0, 0.1) is 0 Å². The molecule has 0 aliphatic carbocycles. The van der Waals surface area contributed by atoms with Gasteiger partial charge in [0.2, 0.25) is 0 Å². The van der Waals surface area contributed by atoms with E-state index in [1.165, 1.54) is 0 Å². The molecule has 0 atom stereocenters. The number of carbonyl (C=O) groups is 1. The number of nitrogens with zero attached hydrogens (tertiary/aromatic N) is 2. The summed E-state index contributed by atoms with van der Waals surface area (Å²) in [4.78, 5) is 11.9. The molecule has 0 bridgehead atoms. The average molecular weight is 281 g/mol. The van der Waals surface area contributed by atoms with E-state index in [4.69, 9.17) is 0 Å². The molecule has 0 aliphatic heterocycles. The summed E-state index contributed by atoms with van der Waals surface area (Å²) in [7, 11) is 0. The van der Waals surface area contributed by atoms with Crippen LogP contribution >= 0.6 is 15.9 Å². The Bertz CT molecular complexity index is 519. The quantitative estimate of drug-likeness (QED) is 0.637. The van der Waals surface area contributed by atoms with Crippen molar-refractivity contribution < 1.29 is 4.79 Å². The molecule has 0 spiro atoms. The maximum Gasteiger partial charge on any atom is 0.191 e. The average Bonchev–Trinajstić information content (AvgIpc) is 2.66. The molecule has 0 fully saturated rings. The number of benzene rings is 1. The Hall–Kier alpha value is -1.16. The lowest BCUT2D eigenvalue weighted by Crippen LogP contribution is -2.11. The fourth-order valence-corrected chi connectivity index (χ4v) is 2.08. The summed E-state index contributed by atoms with van der Waals surface area (Å²) in [5.41, 5.74) is 1.61. The second-order valence-corrected chi connectivity index (χ2v) is 4.21. The van der Waals surface area contributed by atoms with E-state index >= 15 is 0 Å². The van der Waals surface area contributed by atoms with Gasteiger partial charge < -0.3 is 0 Å². The molecule has 4 heteroatoms. The van der Waals surface area contributed by atoms with E-state index < -0.39 is 0 Å². The molecule has 0 aliphatic rings. The Balaban J connectivity index is 2.64. The van der Waals surface area contributed by atoms with E-state index in [0.717, 1.165) is 23.9 Å². The molecular formula is C12H13BrN2O. The second-order valence-electron chi connectivity index (χ2n) is 3.65. The molecule has 3 nitrogen and oxygen atoms in total. The molecule has 2 rings (SSSR count). The molecule has 0 amide bonds. The number of hydrogen-bond acceptors (Lipinski definition) is 2. The van der Waals surface area contributed by atoms with Crippen molar-refractivity contribution in [1.82, 2.24) is 9.78 Å². The first-order valence-corrected chi connectivity index (χ1v) is 6.44. The lowest BCUT2D eigenvalue weighted by atomic mass is 10.1. The first-order valence-electron chi connectivity index (χ1n) is 5.32. The number of fused-ring (bicyclic) bond motifs is 1. The van der Waals surface area contributed by atoms with Gasteiger partial charge in [-0.1, -0.05) is 41.1 Å². The highest BCUT2D eigenvalue weighted by Gasteiger charge is 2.16.